The van der Waals surface area contributed by atoms with Crippen molar-refractivity contribution in [3.05, 3.63) is 0 Å². The number of hydrazine groups is 1. The summed E-state index contributed by atoms with van der Waals surface area (Å²) in [7, 11) is 2.09. The van der Waals surface area contributed by atoms with Gasteiger partial charge in [0.25, 0.3) is 0 Å². The number of hydrogen-bond acceptors (Lipinski definition) is 3. The summed E-state index contributed by atoms with van der Waals surface area (Å²) >= 11 is 0. The summed E-state index contributed by atoms with van der Waals surface area (Å²) in [5, 5.41) is 0. The molecule has 0 aromatic carbocycles. The van der Waals surface area contributed by atoms with Crippen LogP contribution in [0.4, 0.5) is 4.79 Å². The monoisotopic (exact) mass is 172 g/mol. The molecule has 0 bridgehead atoms. The van der Waals surface area contributed by atoms with E-state index in [0.717, 1.165) is 25.9 Å². The van der Waals surface area contributed by atoms with Gasteiger partial charge in [-0.2, -0.15) is 0 Å². The second-order valence-corrected chi connectivity index (χ2v) is 3.21. The Hall–Kier alpha value is -0.810. The van der Waals surface area contributed by atoms with Gasteiger partial charge >= 0.3 is 6.03 Å². The summed E-state index contributed by atoms with van der Waals surface area (Å²) in [6, 6.07) is -0.150. The van der Waals surface area contributed by atoms with E-state index in [0.29, 0.717) is 6.04 Å². The van der Waals surface area contributed by atoms with Crippen molar-refractivity contribution in [1.29, 1.82) is 0 Å². The standard InChI is InChI=1S/C7H16N4O/c1-11-4-2-6(3-5-11)9-10-7(8)12/h6,9H,2-5H2,1H3,(H3,8,10,12). The van der Waals surface area contributed by atoms with Gasteiger partial charge in [0.1, 0.15) is 0 Å². The van der Waals surface area contributed by atoms with Gasteiger partial charge in [-0.05, 0) is 33.0 Å². The fraction of sp³-hybridized carbons (Fsp3) is 0.857. The summed E-state index contributed by atoms with van der Waals surface area (Å²) in [6.45, 7) is 2.14. The van der Waals surface area contributed by atoms with Crippen molar-refractivity contribution in [3.8, 4) is 0 Å². The third-order valence-electron chi connectivity index (χ3n) is 2.12. The van der Waals surface area contributed by atoms with Gasteiger partial charge in [-0.3, -0.25) is 5.43 Å². The van der Waals surface area contributed by atoms with Gasteiger partial charge in [0.15, 0.2) is 0 Å². The molecule has 5 heteroatoms. The predicted octanol–water partition coefficient (Wildman–Crippen LogP) is -0.746. The van der Waals surface area contributed by atoms with Crippen molar-refractivity contribution in [2.24, 2.45) is 5.73 Å². The molecule has 1 aliphatic rings. The van der Waals surface area contributed by atoms with E-state index in [4.69, 9.17) is 5.73 Å². The van der Waals surface area contributed by atoms with Crippen LogP contribution >= 0.6 is 0 Å². The Labute approximate surface area is 72.3 Å². The number of primary amides is 1. The molecule has 1 aliphatic heterocycles. The Morgan fingerprint density at radius 2 is 2.08 bits per heavy atom. The third-order valence-corrected chi connectivity index (χ3v) is 2.12. The molecular weight excluding hydrogens is 156 g/mol. The topological polar surface area (TPSA) is 70.4 Å². The SMILES string of the molecule is CN1CCC(NNC(N)=O)CC1. The van der Waals surface area contributed by atoms with Crippen LogP contribution in [0.15, 0.2) is 0 Å². The predicted molar refractivity (Wildman–Crippen MR) is 46.4 cm³/mol. The molecule has 0 aromatic heterocycles. The molecule has 1 fully saturated rings. The third kappa shape index (κ3) is 3.06. The average Bonchev–Trinajstić information content (AvgIpc) is 2.03. The quantitative estimate of drug-likeness (QED) is 0.480. The molecule has 1 heterocycles. The largest absolute Gasteiger partial charge is 0.351 e. The number of carbonyl (C=O) groups is 1. The van der Waals surface area contributed by atoms with Crippen molar-refractivity contribution >= 4 is 6.03 Å². The van der Waals surface area contributed by atoms with Gasteiger partial charge in [-0.25, -0.2) is 10.2 Å². The molecule has 70 valence electrons. The lowest BCUT2D eigenvalue weighted by Crippen LogP contribution is -2.50. The number of urea groups is 1. The van der Waals surface area contributed by atoms with E-state index < -0.39 is 6.03 Å². The molecule has 1 rings (SSSR count). The highest BCUT2D eigenvalue weighted by Gasteiger charge is 2.15. The summed E-state index contributed by atoms with van der Waals surface area (Å²) in [5.74, 6) is 0. The number of rotatable bonds is 2. The van der Waals surface area contributed by atoms with Crippen LogP contribution in [0, 0.1) is 0 Å². The van der Waals surface area contributed by atoms with Gasteiger partial charge < -0.3 is 10.6 Å². The molecule has 0 aromatic rings. The molecular formula is C7H16N4O. The van der Waals surface area contributed by atoms with E-state index in [2.05, 4.69) is 22.8 Å². The van der Waals surface area contributed by atoms with Gasteiger partial charge in [-0.1, -0.05) is 0 Å². The summed E-state index contributed by atoms with van der Waals surface area (Å²) < 4.78 is 0. The van der Waals surface area contributed by atoms with E-state index in [1.807, 2.05) is 0 Å². The van der Waals surface area contributed by atoms with E-state index in [9.17, 15) is 4.79 Å². The number of carbonyl (C=O) groups excluding carboxylic acids is 1. The first-order valence-corrected chi connectivity index (χ1v) is 4.18. The molecule has 0 saturated carbocycles. The molecule has 0 spiro atoms. The van der Waals surface area contributed by atoms with Crippen LogP contribution in [0.25, 0.3) is 0 Å². The fourth-order valence-corrected chi connectivity index (χ4v) is 1.33. The molecule has 0 unspecified atom stereocenters. The maximum atomic E-state index is 10.3. The van der Waals surface area contributed by atoms with Gasteiger partial charge in [-0.15, -0.1) is 0 Å². The van der Waals surface area contributed by atoms with E-state index in [1.54, 1.807) is 0 Å². The highest BCUT2D eigenvalue weighted by Crippen LogP contribution is 2.06. The minimum absolute atomic E-state index is 0.369. The normalized spacial score (nSPS) is 20.8. The van der Waals surface area contributed by atoms with E-state index in [-0.39, 0.29) is 0 Å². The molecule has 12 heavy (non-hydrogen) atoms. The Balaban J connectivity index is 2.13. The van der Waals surface area contributed by atoms with Crippen LogP contribution in [0.2, 0.25) is 0 Å². The van der Waals surface area contributed by atoms with Gasteiger partial charge in [0, 0.05) is 6.04 Å². The van der Waals surface area contributed by atoms with Crippen molar-refractivity contribution in [1.82, 2.24) is 15.8 Å². The average molecular weight is 172 g/mol. The first-order chi connectivity index (χ1) is 5.68. The highest BCUT2D eigenvalue weighted by molar-refractivity contribution is 5.70. The first kappa shape index (κ1) is 9.28. The number of piperidine rings is 1. The summed E-state index contributed by atoms with van der Waals surface area (Å²) in [6.07, 6.45) is 2.10. The van der Waals surface area contributed by atoms with Crippen molar-refractivity contribution in [2.75, 3.05) is 20.1 Å². The summed E-state index contributed by atoms with van der Waals surface area (Å²) in [4.78, 5) is 12.6. The molecule has 0 atom stereocenters. The molecule has 5 nitrogen and oxygen atoms in total. The zero-order chi connectivity index (χ0) is 8.97. The van der Waals surface area contributed by atoms with Crippen molar-refractivity contribution < 1.29 is 4.79 Å². The van der Waals surface area contributed by atoms with Crippen LogP contribution < -0.4 is 16.6 Å². The molecule has 4 N–H and O–H groups in total. The highest BCUT2D eigenvalue weighted by atomic mass is 16.2. The van der Waals surface area contributed by atoms with Crippen LogP contribution in [-0.4, -0.2) is 37.1 Å². The zero-order valence-corrected chi connectivity index (χ0v) is 7.34. The molecule has 2 amide bonds. The molecule has 0 radical (unpaired) electrons. The van der Waals surface area contributed by atoms with E-state index >= 15 is 0 Å². The maximum Gasteiger partial charge on any atom is 0.326 e. The second kappa shape index (κ2) is 4.27. The van der Waals surface area contributed by atoms with Crippen molar-refractivity contribution in [2.45, 2.75) is 18.9 Å². The van der Waals surface area contributed by atoms with Gasteiger partial charge in [0.2, 0.25) is 0 Å². The molecule has 1 saturated heterocycles. The van der Waals surface area contributed by atoms with Crippen LogP contribution in [0.1, 0.15) is 12.8 Å². The Morgan fingerprint density at radius 3 is 2.58 bits per heavy atom. The van der Waals surface area contributed by atoms with Crippen LogP contribution in [0.3, 0.4) is 0 Å². The number of nitrogens with two attached hydrogens (primary N) is 1. The maximum absolute atomic E-state index is 10.3. The first-order valence-electron chi connectivity index (χ1n) is 4.18. The number of nitrogens with zero attached hydrogens (tertiary/aromatic N) is 1. The lowest BCUT2D eigenvalue weighted by molar-refractivity contribution is 0.214. The minimum atomic E-state index is -0.520. The molecule has 0 aliphatic carbocycles. The lowest BCUT2D eigenvalue weighted by Gasteiger charge is -2.29. The Bertz CT molecular complexity index is 153. The Morgan fingerprint density at radius 1 is 1.50 bits per heavy atom. The zero-order valence-electron chi connectivity index (χ0n) is 7.34. The van der Waals surface area contributed by atoms with Gasteiger partial charge in [0.05, 0.1) is 0 Å². The fourth-order valence-electron chi connectivity index (χ4n) is 1.33. The number of likely N-dealkylation sites (tertiary alicyclic amines) is 1. The summed E-state index contributed by atoms with van der Waals surface area (Å²) in [5.41, 5.74) is 10.2. The number of nitrogens with one attached hydrogen (secondary N) is 2. The number of hydrogen-bond donors (Lipinski definition) is 3. The lowest BCUT2D eigenvalue weighted by atomic mass is 10.1. The van der Waals surface area contributed by atoms with Crippen LogP contribution in [0.5, 0.6) is 0 Å². The van der Waals surface area contributed by atoms with E-state index in [1.165, 1.54) is 0 Å². The van der Waals surface area contributed by atoms with Crippen LogP contribution in [-0.2, 0) is 0 Å². The van der Waals surface area contributed by atoms with Crippen molar-refractivity contribution in [3.63, 3.8) is 0 Å². The smallest absolute Gasteiger partial charge is 0.326 e. The number of amides is 2. The second-order valence-electron chi connectivity index (χ2n) is 3.21. The Kier molecular flexibility index (Phi) is 3.31. The minimum Gasteiger partial charge on any atom is -0.351 e.